The Morgan fingerprint density at radius 2 is 1.87 bits per heavy atom. The second kappa shape index (κ2) is 7.61. The molecule has 1 N–H and O–H groups in total. The molecule has 2 aliphatic heterocycles. The van der Waals surface area contributed by atoms with Gasteiger partial charge in [0.25, 0.3) is 0 Å². The van der Waals surface area contributed by atoms with Crippen molar-refractivity contribution in [3.63, 3.8) is 0 Å². The maximum atomic E-state index is 10.7. The predicted molar refractivity (Wildman–Crippen MR) is 94.3 cm³/mol. The van der Waals surface area contributed by atoms with E-state index in [0.29, 0.717) is 26.1 Å². The smallest absolute Gasteiger partial charge is 0.0940 e. The fourth-order valence-electron chi connectivity index (χ4n) is 3.65. The molecule has 2 saturated heterocycles. The van der Waals surface area contributed by atoms with E-state index in [9.17, 15) is 5.11 Å². The van der Waals surface area contributed by atoms with Crippen LogP contribution in [0.2, 0.25) is 0 Å². The lowest BCUT2D eigenvalue weighted by Gasteiger charge is -2.32. The predicted octanol–water partition coefficient (Wildman–Crippen LogP) is 3.57. The Labute approximate surface area is 140 Å². The Morgan fingerprint density at radius 3 is 2.57 bits per heavy atom. The third kappa shape index (κ3) is 4.23. The highest BCUT2D eigenvalue weighted by molar-refractivity contribution is 5.53. The van der Waals surface area contributed by atoms with Crippen LogP contribution < -0.4 is 0 Å². The molecule has 1 aromatic rings. The summed E-state index contributed by atoms with van der Waals surface area (Å²) in [4.78, 5) is 2.53. The molecular formula is C20H29NO2. The summed E-state index contributed by atoms with van der Waals surface area (Å²) < 4.78 is 5.37. The summed E-state index contributed by atoms with van der Waals surface area (Å²) in [7, 11) is 0. The molecule has 23 heavy (non-hydrogen) atoms. The second-order valence-electron chi connectivity index (χ2n) is 6.86. The SMILES string of the molecule is CCN1CCC/C(=C\c2ccc(C3(O)CCOCC3)cc2)CC1. The minimum atomic E-state index is -0.701. The van der Waals surface area contributed by atoms with Crippen LogP contribution in [0.15, 0.2) is 29.8 Å². The van der Waals surface area contributed by atoms with Crippen molar-refractivity contribution < 1.29 is 9.84 Å². The lowest BCUT2D eigenvalue weighted by Crippen LogP contribution is -2.33. The highest BCUT2D eigenvalue weighted by atomic mass is 16.5. The Hall–Kier alpha value is -1.16. The van der Waals surface area contributed by atoms with E-state index in [1.807, 2.05) is 0 Å². The highest BCUT2D eigenvalue weighted by Gasteiger charge is 2.31. The molecular weight excluding hydrogens is 286 g/mol. The Morgan fingerprint density at radius 1 is 1.13 bits per heavy atom. The first kappa shape index (κ1) is 16.7. The summed E-state index contributed by atoms with van der Waals surface area (Å²) in [5, 5.41) is 10.7. The number of benzene rings is 1. The molecule has 1 aromatic carbocycles. The Balaban J connectivity index is 1.68. The zero-order valence-electron chi connectivity index (χ0n) is 14.3. The largest absolute Gasteiger partial charge is 0.385 e. The summed E-state index contributed by atoms with van der Waals surface area (Å²) in [5.74, 6) is 0. The lowest BCUT2D eigenvalue weighted by atomic mass is 9.86. The molecule has 2 aliphatic rings. The number of hydrogen-bond acceptors (Lipinski definition) is 3. The average molecular weight is 315 g/mol. The number of likely N-dealkylation sites (tertiary alicyclic amines) is 1. The highest BCUT2D eigenvalue weighted by Crippen LogP contribution is 2.32. The molecule has 2 heterocycles. The molecule has 126 valence electrons. The zero-order chi connectivity index (χ0) is 16.1. The van der Waals surface area contributed by atoms with Gasteiger partial charge in [-0.2, -0.15) is 0 Å². The van der Waals surface area contributed by atoms with E-state index in [0.717, 1.165) is 12.1 Å². The van der Waals surface area contributed by atoms with E-state index >= 15 is 0 Å². The standard InChI is InChI=1S/C20H29NO2/c1-2-21-12-3-4-17(9-13-21)16-18-5-7-19(8-6-18)20(22)10-14-23-15-11-20/h5-8,16,22H,2-4,9-15H2,1H3/b17-16+. The van der Waals surface area contributed by atoms with Crippen LogP contribution in [0.25, 0.3) is 6.08 Å². The van der Waals surface area contributed by atoms with Crippen molar-refractivity contribution in [3.05, 3.63) is 41.0 Å². The maximum absolute atomic E-state index is 10.7. The van der Waals surface area contributed by atoms with Crippen molar-refractivity contribution in [2.24, 2.45) is 0 Å². The van der Waals surface area contributed by atoms with Gasteiger partial charge in [0, 0.05) is 32.6 Å². The number of hydrogen-bond donors (Lipinski definition) is 1. The van der Waals surface area contributed by atoms with E-state index < -0.39 is 5.60 Å². The van der Waals surface area contributed by atoms with Crippen LogP contribution in [0.5, 0.6) is 0 Å². The Kier molecular flexibility index (Phi) is 5.52. The van der Waals surface area contributed by atoms with E-state index in [-0.39, 0.29) is 0 Å². The minimum Gasteiger partial charge on any atom is -0.385 e. The molecule has 0 atom stereocenters. The number of ether oxygens (including phenoxy) is 1. The van der Waals surface area contributed by atoms with Gasteiger partial charge in [0.1, 0.15) is 0 Å². The third-order valence-electron chi connectivity index (χ3n) is 5.31. The van der Waals surface area contributed by atoms with Crippen LogP contribution in [0.1, 0.15) is 50.2 Å². The molecule has 0 spiro atoms. The molecule has 0 aromatic heterocycles. The van der Waals surface area contributed by atoms with Gasteiger partial charge in [-0.15, -0.1) is 0 Å². The first-order valence-electron chi connectivity index (χ1n) is 9.02. The summed E-state index contributed by atoms with van der Waals surface area (Å²) in [6.07, 6.45) is 7.38. The average Bonchev–Trinajstić information content (AvgIpc) is 2.81. The quantitative estimate of drug-likeness (QED) is 0.925. The first-order valence-corrected chi connectivity index (χ1v) is 9.02. The molecule has 2 fully saturated rings. The molecule has 0 saturated carbocycles. The van der Waals surface area contributed by atoms with E-state index in [4.69, 9.17) is 4.74 Å². The molecule has 3 nitrogen and oxygen atoms in total. The normalized spacial score (nSPS) is 24.5. The number of aliphatic hydroxyl groups is 1. The maximum Gasteiger partial charge on any atom is 0.0940 e. The van der Waals surface area contributed by atoms with E-state index in [1.165, 1.54) is 37.9 Å². The molecule has 0 bridgehead atoms. The van der Waals surface area contributed by atoms with Crippen LogP contribution in [0, 0.1) is 0 Å². The zero-order valence-corrected chi connectivity index (χ0v) is 14.3. The van der Waals surface area contributed by atoms with Gasteiger partial charge in [0.05, 0.1) is 5.60 Å². The van der Waals surface area contributed by atoms with Gasteiger partial charge in [0.2, 0.25) is 0 Å². The summed E-state index contributed by atoms with van der Waals surface area (Å²) in [6.45, 7) is 7.10. The fourth-order valence-corrected chi connectivity index (χ4v) is 3.65. The minimum absolute atomic E-state index is 0.649. The van der Waals surface area contributed by atoms with Gasteiger partial charge < -0.3 is 14.7 Å². The van der Waals surface area contributed by atoms with Crippen molar-refractivity contribution in [1.82, 2.24) is 4.90 Å². The summed E-state index contributed by atoms with van der Waals surface area (Å²) in [5.41, 5.74) is 3.14. The van der Waals surface area contributed by atoms with Crippen LogP contribution in [0.4, 0.5) is 0 Å². The van der Waals surface area contributed by atoms with Crippen LogP contribution >= 0.6 is 0 Å². The van der Waals surface area contributed by atoms with Crippen molar-refractivity contribution in [3.8, 4) is 0 Å². The van der Waals surface area contributed by atoms with Crippen LogP contribution in [-0.2, 0) is 10.3 Å². The first-order chi connectivity index (χ1) is 11.2. The molecule has 0 aliphatic carbocycles. The molecule has 0 unspecified atom stereocenters. The van der Waals surface area contributed by atoms with Crippen LogP contribution in [-0.4, -0.2) is 42.9 Å². The van der Waals surface area contributed by atoms with E-state index in [1.54, 1.807) is 5.57 Å². The van der Waals surface area contributed by atoms with E-state index in [2.05, 4.69) is 42.2 Å². The van der Waals surface area contributed by atoms with Crippen molar-refractivity contribution in [2.45, 2.75) is 44.6 Å². The van der Waals surface area contributed by atoms with Gasteiger partial charge >= 0.3 is 0 Å². The van der Waals surface area contributed by atoms with Crippen molar-refractivity contribution in [2.75, 3.05) is 32.8 Å². The van der Waals surface area contributed by atoms with Crippen molar-refractivity contribution in [1.29, 1.82) is 0 Å². The molecule has 0 radical (unpaired) electrons. The van der Waals surface area contributed by atoms with Gasteiger partial charge in [-0.3, -0.25) is 0 Å². The molecule has 3 heteroatoms. The number of rotatable bonds is 3. The van der Waals surface area contributed by atoms with Crippen molar-refractivity contribution >= 4 is 6.08 Å². The molecule has 3 rings (SSSR count). The van der Waals surface area contributed by atoms with Gasteiger partial charge in [-0.05, 0) is 43.5 Å². The molecule has 0 amide bonds. The number of nitrogens with zero attached hydrogens (tertiary/aromatic N) is 1. The van der Waals surface area contributed by atoms with Crippen LogP contribution in [0.3, 0.4) is 0 Å². The summed E-state index contributed by atoms with van der Waals surface area (Å²) in [6, 6.07) is 8.48. The Bertz CT molecular complexity index is 529. The fraction of sp³-hybridized carbons (Fsp3) is 0.600. The van der Waals surface area contributed by atoms with Gasteiger partial charge in [0.15, 0.2) is 0 Å². The van der Waals surface area contributed by atoms with Gasteiger partial charge in [-0.25, -0.2) is 0 Å². The lowest BCUT2D eigenvalue weighted by molar-refractivity contribution is -0.0679. The van der Waals surface area contributed by atoms with Gasteiger partial charge in [-0.1, -0.05) is 42.8 Å². The second-order valence-corrected chi connectivity index (χ2v) is 6.86. The monoisotopic (exact) mass is 315 g/mol. The topological polar surface area (TPSA) is 32.7 Å². The third-order valence-corrected chi connectivity index (χ3v) is 5.31. The summed E-state index contributed by atoms with van der Waals surface area (Å²) >= 11 is 0.